The Morgan fingerprint density at radius 2 is 1.86 bits per heavy atom. The molecule has 0 atom stereocenters. The van der Waals surface area contributed by atoms with Gasteiger partial charge in [0.05, 0.1) is 17.2 Å². The number of carbonyl (C=O) groups excluding carboxylic acids is 1. The van der Waals surface area contributed by atoms with Gasteiger partial charge < -0.3 is 10.1 Å². The second-order valence-corrected chi connectivity index (χ2v) is 5.74. The normalized spacial score (nSPS) is 10.0. The molecule has 0 bridgehead atoms. The highest BCUT2D eigenvalue weighted by Crippen LogP contribution is 2.33. The Morgan fingerprint density at radius 3 is 2.41 bits per heavy atom. The minimum Gasteiger partial charge on any atom is -0.494 e. The molecule has 0 heterocycles. The second-order valence-electron chi connectivity index (χ2n) is 4.52. The van der Waals surface area contributed by atoms with E-state index in [2.05, 4.69) is 23.1 Å². The van der Waals surface area contributed by atoms with E-state index in [-0.39, 0.29) is 10.0 Å². The smallest absolute Gasteiger partial charge is 0.269 e. The molecule has 0 unspecified atom stereocenters. The number of hydrogen-bond acceptors (Lipinski definition) is 3. The van der Waals surface area contributed by atoms with Crippen LogP contribution in [0.4, 0.5) is 0 Å². The predicted octanol–water partition coefficient (Wildman–Crippen LogP) is 3.30. The van der Waals surface area contributed by atoms with Gasteiger partial charge in [0.15, 0.2) is 10.9 Å². The topological polar surface area (TPSA) is 62.4 Å². The van der Waals surface area contributed by atoms with Gasteiger partial charge in [-0.25, -0.2) is 0 Å². The van der Waals surface area contributed by atoms with Gasteiger partial charge >= 0.3 is 0 Å². The van der Waals surface area contributed by atoms with Gasteiger partial charge in [0, 0.05) is 12.1 Å². The number of hydrazine groups is 1. The van der Waals surface area contributed by atoms with Gasteiger partial charge in [0.2, 0.25) is 0 Å². The standard InChI is InChI=1S/C14H19Cl2N3O2S/c1-3-4-5-6-17-14(22)19-18-13(20)9-7-10(15)12(21-2)11(16)8-9/h7-8H,3-6H2,1-2H3,(H,18,20)(H2,17,19,22). The molecule has 3 N–H and O–H groups in total. The number of thiocarbonyl (C=S) groups is 1. The van der Waals surface area contributed by atoms with Crippen molar-refractivity contribution in [3.63, 3.8) is 0 Å². The summed E-state index contributed by atoms with van der Waals surface area (Å²) in [5.41, 5.74) is 5.41. The molecule has 1 aromatic rings. The second kappa shape index (κ2) is 9.71. The van der Waals surface area contributed by atoms with Crippen LogP contribution in [0.25, 0.3) is 0 Å². The fraction of sp³-hybridized carbons (Fsp3) is 0.429. The van der Waals surface area contributed by atoms with Crippen LogP contribution in [-0.2, 0) is 0 Å². The molecule has 0 saturated carbocycles. The summed E-state index contributed by atoms with van der Waals surface area (Å²) in [6.45, 7) is 2.89. The lowest BCUT2D eigenvalue weighted by Gasteiger charge is -2.12. The van der Waals surface area contributed by atoms with Gasteiger partial charge in [-0.3, -0.25) is 15.6 Å². The lowest BCUT2D eigenvalue weighted by molar-refractivity contribution is 0.0943. The number of halogens is 2. The third kappa shape index (κ3) is 5.87. The Kier molecular flexibility index (Phi) is 8.30. The molecule has 0 spiro atoms. The maximum atomic E-state index is 12.0. The fourth-order valence-corrected chi connectivity index (χ4v) is 2.49. The van der Waals surface area contributed by atoms with Gasteiger partial charge in [-0.15, -0.1) is 0 Å². The number of unbranched alkanes of at least 4 members (excludes halogenated alkanes) is 2. The van der Waals surface area contributed by atoms with Crippen LogP contribution < -0.4 is 20.9 Å². The highest BCUT2D eigenvalue weighted by Gasteiger charge is 2.13. The Labute approximate surface area is 145 Å². The third-order valence-electron chi connectivity index (χ3n) is 2.82. The summed E-state index contributed by atoms with van der Waals surface area (Å²) < 4.78 is 5.03. The maximum absolute atomic E-state index is 12.0. The molecule has 0 radical (unpaired) electrons. The van der Waals surface area contributed by atoms with Crippen molar-refractivity contribution >= 4 is 46.4 Å². The minimum atomic E-state index is -0.399. The van der Waals surface area contributed by atoms with Gasteiger partial charge in [0.1, 0.15) is 0 Å². The molecule has 22 heavy (non-hydrogen) atoms. The summed E-state index contributed by atoms with van der Waals surface area (Å²) in [5, 5.41) is 3.88. The van der Waals surface area contributed by atoms with E-state index in [0.29, 0.717) is 16.4 Å². The summed E-state index contributed by atoms with van der Waals surface area (Å²) in [5.74, 6) is -0.0647. The van der Waals surface area contributed by atoms with Crippen LogP contribution in [0.3, 0.4) is 0 Å². The predicted molar refractivity (Wildman–Crippen MR) is 93.7 cm³/mol. The van der Waals surface area contributed by atoms with E-state index in [9.17, 15) is 4.79 Å². The maximum Gasteiger partial charge on any atom is 0.269 e. The van der Waals surface area contributed by atoms with Gasteiger partial charge in [-0.1, -0.05) is 43.0 Å². The van der Waals surface area contributed by atoms with E-state index in [0.717, 1.165) is 25.8 Å². The number of methoxy groups -OCH3 is 1. The van der Waals surface area contributed by atoms with Crippen molar-refractivity contribution < 1.29 is 9.53 Å². The van der Waals surface area contributed by atoms with Crippen molar-refractivity contribution in [2.45, 2.75) is 26.2 Å². The number of benzene rings is 1. The molecule has 1 amide bonds. The zero-order valence-electron chi connectivity index (χ0n) is 12.5. The quantitative estimate of drug-likeness (QED) is 0.411. The average Bonchev–Trinajstić information content (AvgIpc) is 2.48. The van der Waals surface area contributed by atoms with Crippen LogP contribution in [0.5, 0.6) is 5.75 Å². The number of hydrogen-bond donors (Lipinski definition) is 3. The van der Waals surface area contributed by atoms with E-state index >= 15 is 0 Å². The summed E-state index contributed by atoms with van der Waals surface area (Å²) in [4.78, 5) is 12.0. The van der Waals surface area contributed by atoms with Crippen molar-refractivity contribution in [3.8, 4) is 5.75 Å². The number of amides is 1. The number of ether oxygens (including phenoxy) is 1. The van der Waals surface area contributed by atoms with Crippen LogP contribution in [0.2, 0.25) is 10.0 Å². The SMILES string of the molecule is CCCCCNC(=S)NNC(=O)c1cc(Cl)c(OC)c(Cl)c1. The minimum absolute atomic E-state index is 0.264. The van der Waals surface area contributed by atoms with Gasteiger partial charge in [-0.2, -0.15) is 0 Å². The molecular formula is C14H19Cl2N3O2S. The first-order chi connectivity index (χ1) is 10.5. The van der Waals surface area contributed by atoms with E-state index in [1.165, 1.54) is 19.2 Å². The molecule has 0 aliphatic carbocycles. The monoisotopic (exact) mass is 363 g/mol. The van der Waals surface area contributed by atoms with Crippen LogP contribution in [0, 0.1) is 0 Å². The van der Waals surface area contributed by atoms with Gasteiger partial charge in [0.25, 0.3) is 5.91 Å². The average molecular weight is 364 g/mol. The number of nitrogens with one attached hydrogen (secondary N) is 3. The molecule has 0 saturated heterocycles. The molecule has 0 aromatic heterocycles. The molecule has 5 nitrogen and oxygen atoms in total. The molecule has 8 heteroatoms. The van der Waals surface area contributed by atoms with E-state index in [4.69, 9.17) is 40.2 Å². The number of rotatable bonds is 6. The van der Waals surface area contributed by atoms with Crippen LogP contribution in [-0.4, -0.2) is 24.7 Å². The first kappa shape index (κ1) is 18.8. The first-order valence-electron chi connectivity index (χ1n) is 6.86. The van der Waals surface area contributed by atoms with Crippen molar-refractivity contribution in [3.05, 3.63) is 27.7 Å². The Bertz CT molecular complexity index is 518. The van der Waals surface area contributed by atoms with Crippen molar-refractivity contribution in [2.75, 3.05) is 13.7 Å². The molecule has 0 aliphatic heterocycles. The van der Waals surface area contributed by atoms with E-state index in [1.54, 1.807) is 0 Å². The summed E-state index contributed by atoms with van der Waals surface area (Å²) >= 11 is 17.0. The molecule has 0 aliphatic rings. The summed E-state index contributed by atoms with van der Waals surface area (Å²) in [6.07, 6.45) is 3.29. The largest absolute Gasteiger partial charge is 0.494 e. The van der Waals surface area contributed by atoms with Crippen LogP contribution in [0.15, 0.2) is 12.1 Å². The van der Waals surface area contributed by atoms with Gasteiger partial charge in [-0.05, 0) is 30.8 Å². The molecule has 1 aromatic carbocycles. The Morgan fingerprint density at radius 1 is 1.23 bits per heavy atom. The number of carbonyl (C=O) groups is 1. The summed E-state index contributed by atoms with van der Waals surface area (Å²) in [7, 11) is 1.46. The third-order valence-corrected chi connectivity index (χ3v) is 3.63. The van der Waals surface area contributed by atoms with Crippen molar-refractivity contribution in [1.29, 1.82) is 0 Å². The lowest BCUT2D eigenvalue weighted by atomic mass is 10.2. The molecule has 1 rings (SSSR count). The van der Waals surface area contributed by atoms with Crippen LogP contribution in [0.1, 0.15) is 36.5 Å². The van der Waals surface area contributed by atoms with E-state index < -0.39 is 5.91 Å². The Hall–Kier alpha value is -1.24. The highest BCUT2D eigenvalue weighted by atomic mass is 35.5. The molecular weight excluding hydrogens is 345 g/mol. The van der Waals surface area contributed by atoms with Crippen LogP contribution >= 0.6 is 35.4 Å². The fourth-order valence-electron chi connectivity index (χ4n) is 1.69. The lowest BCUT2D eigenvalue weighted by Crippen LogP contribution is -2.47. The summed E-state index contributed by atoms with van der Waals surface area (Å²) in [6, 6.07) is 2.95. The highest BCUT2D eigenvalue weighted by molar-refractivity contribution is 7.80. The zero-order valence-corrected chi connectivity index (χ0v) is 14.8. The Balaban J connectivity index is 2.50. The van der Waals surface area contributed by atoms with Crippen molar-refractivity contribution in [1.82, 2.24) is 16.2 Å². The van der Waals surface area contributed by atoms with E-state index in [1.807, 2.05) is 0 Å². The molecule has 122 valence electrons. The zero-order chi connectivity index (χ0) is 16.5. The molecule has 0 fully saturated rings. The first-order valence-corrected chi connectivity index (χ1v) is 8.03. The van der Waals surface area contributed by atoms with Crippen molar-refractivity contribution in [2.24, 2.45) is 0 Å².